The highest BCUT2D eigenvalue weighted by atomic mass is 32.1. The lowest BCUT2D eigenvalue weighted by atomic mass is 9.95. The molecule has 2 aromatic rings. The van der Waals surface area contributed by atoms with Gasteiger partial charge in [-0.3, -0.25) is 9.59 Å². The Balaban J connectivity index is 1.33. The van der Waals surface area contributed by atoms with E-state index < -0.39 is 0 Å². The molecule has 0 saturated carbocycles. The van der Waals surface area contributed by atoms with Crippen LogP contribution in [0.25, 0.3) is 10.6 Å². The number of hydrogen-bond acceptors (Lipinski definition) is 5. The molecule has 0 atom stereocenters. The first kappa shape index (κ1) is 18.2. The lowest BCUT2D eigenvalue weighted by molar-refractivity contribution is -0.136. The summed E-state index contributed by atoms with van der Waals surface area (Å²) >= 11 is 1.55. The molecule has 0 spiro atoms. The van der Waals surface area contributed by atoms with Crippen LogP contribution in [0.4, 0.5) is 0 Å². The van der Waals surface area contributed by atoms with Gasteiger partial charge in [-0.1, -0.05) is 24.1 Å². The molecule has 0 unspecified atom stereocenters. The fraction of sp³-hybridized carbons (Fsp3) is 0.550. The minimum absolute atomic E-state index is 0.0474. The van der Waals surface area contributed by atoms with Crippen molar-refractivity contribution in [2.75, 3.05) is 26.2 Å². The Hall–Kier alpha value is -2.15. The summed E-state index contributed by atoms with van der Waals surface area (Å²) in [6.45, 7) is 2.99. The summed E-state index contributed by atoms with van der Waals surface area (Å²) in [6.07, 6.45) is 6.14. The summed E-state index contributed by atoms with van der Waals surface area (Å²) < 4.78 is 5.32. The fourth-order valence-electron chi connectivity index (χ4n) is 3.95. The van der Waals surface area contributed by atoms with Gasteiger partial charge in [-0.15, -0.1) is 11.3 Å². The normalized spacial score (nSPS) is 19.1. The van der Waals surface area contributed by atoms with Crippen molar-refractivity contribution in [3.8, 4) is 10.6 Å². The zero-order valence-electron chi connectivity index (χ0n) is 15.4. The van der Waals surface area contributed by atoms with E-state index in [0.717, 1.165) is 43.6 Å². The van der Waals surface area contributed by atoms with Crippen molar-refractivity contribution in [1.82, 2.24) is 15.0 Å². The van der Waals surface area contributed by atoms with Crippen molar-refractivity contribution >= 4 is 23.2 Å². The van der Waals surface area contributed by atoms with Crippen LogP contribution in [-0.2, 0) is 4.79 Å². The number of aromatic nitrogens is 1. The van der Waals surface area contributed by atoms with Crippen molar-refractivity contribution < 1.29 is 14.1 Å². The molecule has 0 bridgehead atoms. The molecule has 2 aliphatic rings. The summed E-state index contributed by atoms with van der Waals surface area (Å²) in [4.78, 5) is 30.3. The molecule has 7 heteroatoms. The van der Waals surface area contributed by atoms with Crippen LogP contribution in [0.1, 0.15) is 49.0 Å². The highest BCUT2D eigenvalue weighted by Gasteiger charge is 2.31. The van der Waals surface area contributed by atoms with Crippen LogP contribution in [0.2, 0.25) is 0 Å². The Morgan fingerprint density at radius 3 is 2.44 bits per heavy atom. The van der Waals surface area contributed by atoms with E-state index >= 15 is 0 Å². The van der Waals surface area contributed by atoms with E-state index in [1.54, 1.807) is 22.3 Å². The molecule has 0 aromatic carbocycles. The molecule has 4 rings (SSSR count). The van der Waals surface area contributed by atoms with Crippen molar-refractivity contribution in [2.24, 2.45) is 5.92 Å². The molecular formula is C20H25N3O3S. The van der Waals surface area contributed by atoms with Gasteiger partial charge in [0.1, 0.15) is 0 Å². The minimum Gasteiger partial charge on any atom is -0.355 e. The molecule has 2 fully saturated rings. The Labute approximate surface area is 163 Å². The van der Waals surface area contributed by atoms with Gasteiger partial charge in [0.15, 0.2) is 11.5 Å². The lowest BCUT2D eigenvalue weighted by Crippen LogP contribution is -2.44. The van der Waals surface area contributed by atoms with E-state index in [4.69, 9.17) is 4.52 Å². The Bertz CT molecular complexity index is 770. The predicted octanol–water partition coefficient (Wildman–Crippen LogP) is 3.66. The molecule has 0 radical (unpaired) electrons. The van der Waals surface area contributed by atoms with Crippen LogP contribution in [0, 0.1) is 5.92 Å². The number of nitrogens with zero attached hydrogens (tertiary/aromatic N) is 3. The van der Waals surface area contributed by atoms with E-state index in [1.165, 1.54) is 12.8 Å². The molecular weight excluding hydrogens is 362 g/mol. The maximum atomic E-state index is 12.8. The first-order chi connectivity index (χ1) is 13.2. The van der Waals surface area contributed by atoms with Crippen LogP contribution in [0.5, 0.6) is 0 Å². The van der Waals surface area contributed by atoms with E-state index in [2.05, 4.69) is 5.16 Å². The molecule has 2 aliphatic heterocycles. The van der Waals surface area contributed by atoms with Crippen LogP contribution >= 0.6 is 11.3 Å². The van der Waals surface area contributed by atoms with Gasteiger partial charge in [-0.2, -0.15) is 0 Å². The standard InChI is InChI=1S/C20H25N3O3S/c24-19(22-9-3-1-2-4-10-22)15-7-11-23(12-8-15)20(25)16-14-17(26-21-16)18-6-5-13-27-18/h5-6,13-15H,1-4,7-12H2. The highest BCUT2D eigenvalue weighted by Crippen LogP contribution is 2.27. The summed E-state index contributed by atoms with van der Waals surface area (Å²) in [5.74, 6) is 0.846. The summed E-state index contributed by atoms with van der Waals surface area (Å²) in [5, 5.41) is 5.91. The predicted molar refractivity (Wildman–Crippen MR) is 103 cm³/mol. The smallest absolute Gasteiger partial charge is 0.276 e. The topological polar surface area (TPSA) is 66.7 Å². The summed E-state index contributed by atoms with van der Waals surface area (Å²) in [6, 6.07) is 5.60. The van der Waals surface area contributed by atoms with Gasteiger partial charge < -0.3 is 14.3 Å². The molecule has 2 amide bonds. The average Bonchev–Trinajstić information content (AvgIpc) is 3.34. The molecule has 27 heavy (non-hydrogen) atoms. The second-order valence-corrected chi connectivity index (χ2v) is 8.31. The molecule has 4 heterocycles. The third-order valence-corrected chi connectivity index (χ3v) is 6.43. The molecule has 2 saturated heterocycles. The highest BCUT2D eigenvalue weighted by molar-refractivity contribution is 7.13. The van der Waals surface area contributed by atoms with E-state index in [0.29, 0.717) is 24.5 Å². The second-order valence-electron chi connectivity index (χ2n) is 7.36. The number of likely N-dealkylation sites (tertiary alicyclic amines) is 2. The van der Waals surface area contributed by atoms with Crippen LogP contribution in [0.3, 0.4) is 0 Å². The number of hydrogen-bond donors (Lipinski definition) is 0. The van der Waals surface area contributed by atoms with Crippen LogP contribution in [0.15, 0.2) is 28.1 Å². The van der Waals surface area contributed by atoms with E-state index in [9.17, 15) is 9.59 Å². The molecule has 6 nitrogen and oxygen atoms in total. The van der Waals surface area contributed by atoms with Crippen LogP contribution < -0.4 is 0 Å². The maximum absolute atomic E-state index is 12.8. The second kappa shape index (κ2) is 8.25. The summed E-state index contributed by atoms with van der Waals surface area (Å²) in [7, 11) is 0. The zero-order valence-corrected chi connectivity index (χ0v) is 16.2. The van der Waals surface area contributed by atoms with Crippen LogP contribution in [-0.4, -0.2) is 52.9 Å². The van der Waals surface area contributed by atoms with Crippen molar-refractivity contribution in [3.63, 3.8) is 0 Å². The van der Waals surface area contributed by atoms with Gasteiger partial charge in [0.05, 0.1) is 4.88 Å². The quantitative estimate of drug-likeness (QED) is 0.806. The van der Waals surface area contributed by atoms with Gasteiger partial charge in [-0.05, 0) is 37.1 Å². The lowest BCUT2D eigenvalue weighted by Gasteiger charge is -2.33. The number of rotatable bonds is 3. The number of thiophene rings is 1. The largest absolute Gasteiger partial charge is 0.355 e. The first-order valence-corrected chi connectivity index (χ1v) is 10.7. The van der Waals surface area contributed by atoms with Gasteiger partial charge in [0.25, 0.3) is 5.91 Å². The van der Waals surface area contributed by atoms with E-state index in [-0.39, 0.29) is 17.7 Å². The molecule has 144 valence electrons. The van der Waals surface area contributed by atoms with Crippen molar-refractivity contribution in [2.45, 2.75) is 38.5 Å². The maximum Gasteiger partial charge on any atom is 0.276 e. The third-order valence-electron chi connectivity index (χ3n) is 5.54. The SMILES string of the molecule is O=C(c1cc(-c2cccs2)on1)N1CCC(C(=O)N2CCCCCC2)CC1. The average molecular weight is 388 g/mol. The van der Waals surface area contributed by atoms with E-state index in [1.807, 2.05) is 22.4 Å². The number of piperidine rings is 1. The molecule has 0 N–H and O–H groups in total. The zero-order chi connectivity index (χ0) is 18.6. The van der Waals surface area contributed by atoms with Gasteiger partial charge in [0, 0.05) is 38.2 Å². The van der Waals surface area contributed by atoms with Gasteiger partial charge in [-0.25, -0.2) is 0 Å². The Morgan fingerprint density at radius 1 is 1.04 bits per heavy atom. The third kappa shape index (κ3) is 4.08. The number of amides is 2. The monoisotopic (exact) mass is 387 g/mol. The minimum atomic E-state index is -0.109. The summed E-state index contributed by atoms with van der Waals surface area (Å²) in [5.41, 5.74) is 0.343. The number of carbonyl (C=O) groups excluding carboxylic acids is 2. The van der Waals surface area contributed by atoms with Crippen molar-refractivity contribution in [3.05, 3.63) is 29.3 Å². The van der Waals surface area contributed by atoms with Crippen molar-refractivity contribution in [1.29, 1.82) is 0 Å². The Morgan fingerprint density at radius 2 is 1.78 bits per heavy atom. The fourth-order valence-corrected chi connectivity index (χ4v) is 4.62. The molecule has 0 aliphatic carbocycles. The number of carbonyl (C=O) groups is 2. The van der Waals surface area contributed by atoms with Gasteiger partial charge in [0.2, 0.25) is 5.91 Å². The molecule has 2 aromatic heterocycles. The first-order valence-electron chi connectivity index (χ1n) is 9.81. The van der Waals surface area contributed by atoms with Gasteiger partial charge >= 0.3 is 0 Å². The Kier molecular flexibility index (Phi) is 5.57.